The lowest BCUT2D eigenvalue weighted by atomic mass is 10.1. The van der Waals surface area contributed by atoms with E-state index in [0.717, 1.165) is 11.3 Å². The molecular formula is C17H18ClNOS. The zero-order valence-corrected chi connectivity index (χ0v) is 13.5. The van der Waals surface area contributed by atoms with Crippen LogP contribution in [0.25, 0.3) is 0 Å². The molecule has 2 rings (SSSR count). The SMILES string of the molecule is CC(NC(=O)CCSc1ccccc1)c1cccc(Cl)c1. The molecule has 2 nitrogen and oxygen atoms in total. The molecule has 0 spiro atoms. The Hall–Kier alpha value is -1.45. The normalized spacial score (nSPS) is 11.9. The summed E-state index contributed by atoms with van der Waals surface area (Å²) in [7, 11) is 0. The van der Waals surface area contributed by atoms with Crippen LogP contribution in [0.3, 0.4) is 0 Å². The number of hydrogen-bond donors (Lipinski definition) is 1. The molecule has 2 aromatic rings. The van der Waals surface area contributed by atoms with E-state index in [0.29, 0.717) is 11.4 Å². The standard InChI is InChI=1S/C17H18ClNOS/c1-13(14-6-5-7-15(18)12-14)19-17(20)10-11-21-16-8-3-2-4-9-16/h2-9,12-13H,10-11H2,1H3,(H,19,20). The minimum Gasteiger partial charge on any atom is -0.350 e. The van der Waals surface area contributed by atoms with Gasteiger partial charge in [0.15, 0.2) is 0 Å². The zero-order chi connectivity index (χ0) is 15.1. The van der Waals surface area contributed by atoms with E-state index >= 15 is 0 Å². The molecule has 0 saturated carbocycles. The number of halogens is 1. The number of thioether (sulfide) groups is 1. The van der Waals surface area contributed by atoms with E-state index in [4.69, 9.17) is 11.6 Å². The number of rotatable bonds is 6. The second-order valence-electron chi connectivity index (χ2n) is 4.76. The monoisotopic (exact) mass is 319 g/mol. The molecule has 1 amide bonds. The summed E-state index contributed by atoms with van der Waals surface area (Å²) in [5.41, 5.74) is 1.02. The van der Waals surface area contributed by atoms with Crippen LogP contribution in [0.15, 0.2) is 59.5 Å². The van der Waals surface area contributed by atoms with Crippen LogP contribution in [0.2, 0.25) is 5.02 Å². The number of hydrogen-bond acceptors (Lipinski definition) is 2. The van der Waals surface area contributed by atoms with Crippen LogP contribution >= 0.6 is 23.4 Å². The van der Waals surface area contributed by atoms with Gasteiger partial charge >= 0.3 is 0 Å². The highest BCUT2D eigenvalue weighted by molar-refractivity contribution is 7.99. The van der Waals surface area contributed by atoms with Gasteiger partial charge in [0, 0.05) is 22.1 Å². The Balaban J connectivity index is 1.76. The largest absolute Gasteiger partial charge is 0.350 e. The van der Waals surface area contributed by atoms with Crippen molar-refractivity contribution in [2.45, 2.75) is 24.3 Å². The van der Waals surface area contributed by atoms with E-state index in [9.17, 15) is 4.79 Å². The molecule has 0 fully saturated rings. The number of amides is 1. The molecule has 0 bridgehead atoms. The van der Waals surface area contributed by atoms with Crippen molar-refractivity contribution in [2.24, 2.45) is 0 Å². The van der Waals surface area contributed by atoms with Crippen LogP contribution in [0.1, 0.15) is 24.9 Å². The van der Waals surface area contributed by atoms with Crippen molar-refractivity contribution in [3.8, 4) is 0 Å². The Morgan fingerprint density at radius 1 is 1.19 bits per heavy atom. The number of carbonyl (C=O) groups excluding carboxylic acids is 1. The van der Waals surface area contributed by atoms with Crippen molar-refractivity contribution in [2.75, 3.05) is 5.75 Å². The quantitative estimate of drug-likeness (QED) is 0.782. The van der Waals surface area contributed by atoms with Crippen LogP contribution in [0, 0.1) is 0 Å². The molecule has 0 radical (unpaired) electrons. The van der Waals surface area contributed by atoms with Crippen molar-refractivity contribution in [3.63, 3.8) is 0 Å². The topological polar surface area (TPSA) is 29.1 Å². The van der Waals surface area contributed by atoms with Crippen LogP contribution < -0.4 is 5.32 Å². The summed E-state index contributed by atoms with van der Waals surface area (Å²) >= 11 is 7.65. The van der Waals surface area contributed by atoms with Gasteiger partial charge in [-0.15, -0.1) is 11.8 Å². The van der Waals surface area contributed by atoms with Gasteiger partial charge in [-0.3, -0.25) is 4.79 Å². The molecule has 110 valence electrons. The lowest BCUT2D eigenvalue weighted by Crippen LogP contribution is -2.26. The molecule has 0 aromatic heterocycles. The first kappa shape index (κ1) is 15.9. The van der Waals surface area contributed by atoms with E-state index in [1.807, 2.05) is 49.4 Å². The summed E-state index contributed by atoms with van der Waals surface area (Å²) in [5.74, 6) is 0.837. The molecular weight excluding hydrogens is 302 g/mol. The highest BCUT2D eigenvalue weighted by atomic mass is 35.5. The molecule has 0 heterocycles. The summed E-state index contributed by atoms with van der Waals surface area (Å²) in [6.07, 6.45) is 0.504. The van der Waals surface area contributed by atoms with Gasteiger partial charge in [-0.1, -0.05) is 41.9 Å². The van der Waals surface area contributed by atoms with Crippen molar-refractivity contribution in [3.05, 3.63) is 65.2 Å². The van der Waals surface area contributed by atoms with Gasteiger partial charge in [0.05, 0.1) is 6.04 Å². The van der Waals surface area contributed by atoms with Gasteiger partial charge in [0.2, 0.25) is 5.91 Å². The fourth-order valence-electron chi connectivity index (χ4n) is 1.95. The third-order valence-electron chi connectivity index (χ3n) is 3.07. The average molecular weight is 320 g/mol. The van der Waals surface area contributed by atoms with E-state index in [-0.39, 0.29) is 11.9 Å². The van der Waals surface area contributed by atoms with E-state index < -0.39 is 0 Å². The maximum absolute atomic E-state index is 11.9. The highest BCUT2D eigenvalue weighted by Gasteiger charge is 2.09. The zero-order valence-electron chi connectivity index (χ0n) is 11.9. The van der Waals surface area contributed by atoms with Crippen molar-refractivity contribution < 1.29 is 4.79 Å². The molecule has 1 N–H and O–H groups in total. The average Bonchev–Trinajstić information content (AvgIpc) is 2.48. The molecule has 4 heteroatoms. The maximum atomic E-state index is 11.9. The van der Waals surface area contributed by atoms with Gasteiger partial charge in [0.1, 0.15) is 0 Å². The van der Waals surface area contributed by atoms with Gasteiger partial charge < -0.3 is 5.32 Å². The Bertz CT molecular complexity index is 588. The summed E-state index contributed by atoms with van der Waals surface area (Å²) in [6.45, 7) is 1.97. The highest BCUT2D eigenvalue weighted by Crippen LogP contribution is 2.19. The van der Waals surface area contributed by atoms with Crippen LogP contribution in [-0.2, 0) is 4.79 Å². The van der Waals surface area contributed by atoms with E-state index in [1.54, 1.807) is 11.8 Å². The van der Waals surface area contributed by atoms with Crippen molar-refractivity contribution in [1.82, 2.24) is 5.32 Å². The smallest absolute Gasteiger partial charge is 0.221 e. The number of benzene rings is 2. The maximum Gasteiger partial charge on any atom is 0.221 e. The molecule has 0 aliphatic heterocycles. The first-order chi connectivity index (χ1) is 10.1. The summed E-state index contributed by atoms with van der Waals surface area (Å²) in [5, 5.41) is 3.69. The molecule has 1 atom stereocenters. The Labute approximate surface area is 134 Å². The molecule has 1 unspecified atom stereocenters. The minimum absolute atomic E-state index is 0.0297. The van der Waals surface area contributed by atoms with Crippen molar-refractivity contribution in [1.29, 1.82) is 0 Å². The van der Waals surface area contributed by atoms with Gasteiger partial charge in [0.25, 0.3) is 0 Å². The van der Waals surface area contributed by atoms with Crippen LogP contribution in [0.5, 0.6) is 0 Å². The summed E-state index contributed by atoms with van der Waals surface area (Å²) < 4.78 is 0. The predicted octanol–water partition coefficient (Wildman–Crippen LogP) is 4.70. The Kier molecular flexibility index (Phi) is 6.15. The third kappa shape index (κ3) is 5.44. The Morgan fingerprint density at radius 3 is 2.67 bits per heavy atom. The predicted molar refractivity (Wildman–Crippen MR) is 89.8 cm³/mol. The molecule has 0 aliphatic carbocycles. The number of nitrogens with one attached hydrogen (secondary N) is 1. The Morgan fingerprint density at radius 2 is 1.95 bits per heavy atom. The van der Waals surface area contributed by atoms with Gasteiger partial charge in [-0.2, -0.15) is 0 Å². The second kappa shape index (κ2) is 8.11. The van der Waals surface area contributed by atoms with E-state index in [1.165, 1.54) is 4.90 Å². The molecule has 2 aromatic carbocycles. The van der Waals surface area contributed by atoms with Crippen molar-refractivity contribution >= 4 is 29.3 Å². The lowest BCUT2D eigenvalue weighted by Gasteiger charge is -2.14. The van der Waals surface area contributed by atoms with E-state index in [2.05, 4.69) is 17.4 Å². The summed E-state index contributed by atoms with van der Waals surface area (Å²) in [6, 6.07) is 17.6. The first-order valence-corrected chi connectivity index (χ1v) is 8.24. The fourth-order valence-corrected chi connectivity index (χ4v) is 3.02. The third-order valence-corrected chi connectivity index (χ3v) is 4.32. The van der Waals surface area contributed by atoms with Crippen LogP contribution in [-0.4, -0.2) is 11.7 Å². The molecule has 0 saturated heterocycles. The number of carbonyl (C=O) groups is 1. The second-order valence-corrected chi connectivity index (χ2v) is 6.36. The minimum atomic E-state index is -0.0297. The summed E-state index contributed by atoms with van der Waals surface area (Å²) in [4.78, 5) is 13.1. The lowest BCUT2D eigenvalue weighted by molar-refractivity contribution is -0.121. The fraction of sp³-hybridized carbons (Fsp3) is 0.235. The molecule has 0 aliphatic rings. The van der Waals surface area contributed by atoms with Gasteiger partial charge in [-0.05, 0) is 36.8 Å². The van der Waals surface area contributed by atoms with Gasteiger partial charge in [-0.25, -0.2) is 0 Å². The molecule has 21 heavy (non-hydrogen) atoms. The first-order valence-electron chi connectivity index (χ1n) is 6.88. The van der Waals surface area contributed by atoms with Crippen LogP contribution in [0.4, 0.5) is 0 Å².